The Balaban J connectivity index is 4.15. The fourth-order valence-electron chi connectivity index (χ4n) is 7.08. The molecule has 0 aliphatic carbocycles. The van der Waals surface area contributed by atoms with Crippen molar-refractivity contribution in [3.63, 3.8) is 0 Å². The summed E-state index contributed by atoms with van der Waals surface area (Å²) in [6, 6.07) is 0. The number of unbranched alkanes of at least 4 members (excludes halogenated alkanes) is 24. The van der Waals surface area contributed by atoms with Gasteiger partial charge in [-0.1, -0.05) is 175 Å². The molecule has 0 saturated carbocycles. The quantitative estimate of drug-likeness (QED) is 0.0546. The van der Waals surface area contributed by atoms with Crippen LogP contribution >= 0.6 is 0 Å². The fraction of sp³-hybridized carbons (Fsp3) is 0.955. The number of carbonyl (C=O) groups is 2. The Morgan fingerprint density at radius 1 is 0.373 bits per heavy atom. The molecule has 0 saturated heterocycles. The summed E-state index contributed by atoms with van der Waals surface area (Å²) in [5.41, 5.74) is 0. The number of carbonyl (C=O) groups excluding carboxylic acids is 2. The van der Waals surface area contributed by atoms with Gasteiger partial charge in [-0.05, 0) is 45.3 Å². The highest BCUT2D eigenvalue weighted by Gasteiger charge is 2.12. The molecule has 0 aliphatic rings. The summed E-state index contributed by atoms with van der Waals surface area (Å²) in [7, 11) is 0. The van der Waals surface area contributed by atoms with E-state index in [0.717, 1.165) is 58.4 Å². The van der Waals surface area contributed by atoms with Crippen molar-refractivity contribution in [3.8, 4) is 0 Å². The highest BCUT2D eigenvalue weighted by atomic mass is 16.3. The summed E-state index contributed by atoms with van der Waals surface area (Å²) in [6.45, 7) is 13.3. The third kappa shape index (κ3) is 38.4. The van der Waals surface area contributed by atoms with E-state index in [-0.39, 0.29) is 18.4 Å². The lowest BCUT2D eigenvalue weighted by Gasteiger charge is -2.25. The molecule has 3 N–H and O–H groups in total. The predicted molar refractivity (Wildman–Crippen MR) is 222 cm³/mol. The van der Waals surface area contributed by atoms with E-state index in [4.69, 9.17) is 0 Å². The molecule has 0 atom stereocenters. The van der Waals surface area contributed by atoms with E-state index in [1.54, 1.807) is 0 Å². The molecule has 0 fully saturated rings. The Morgan fingerprint density at radius 3 is 1.00 bits per heavy atom. The van der Waals surface area contributed by atoms with Crippen molar-refractivity contribution < 1.29 is 14.7 Å². The molecule has 304 valence electrons. The minimum Gasteiger partial charge on any atom is -0.395 e. The number of nitrogens with one attached hydrogen (secondary N) is 2. The van der Waals surface area contributed by atoms with Crippen LogP contribution in [-0.4, -0.2) is 85.7 Å². The molecule has 0 bridgehead atoms. The number of nitrogens with zero attached hydrogens (tertiary/aromatic N) is 2. The van der Waals surface area contributed by atoms with Gasteiger partial charge in [0.05, 0.1) is 6.61 Å². The van der Waals surface area contributed by atoms with Gasteiger partial charge in [0, 0.05) is 45.6 Å². The Morgan fingerprint density at radius 2 is 0.686 bits per heavy atom. The van der Waals surface area contributed by atoms with Crippen LogP contribution in [0.5, 0.6) is 0 Å². The minimum absolute atomic E-state index is 0.124. The summed E-state index contributed by atoms with van der Waals surface area (Å²) in [4.78, 5) is 29.9. The molecule has 0 aliphatic heterocycles. The van der Waals surface area contributed by atoms with Crippen LogP contribution in [0, 0.1) is 0 Å². The molecule has 51 heavy (non-hydrogen) atoms. The standard InChI is InChI=1S/C44H90N4O3/c1-4-7-9-11-13-15-17-19-21-23-25-27-29-34-45-43(50)32-39-48(38-31-37-47(36-6-3)41-42-49)40-33-44(51)46-35-30-28-26-24-22-20-18-16-14-12-10-8-5-2/h49H,4-42H2,1-3H3,(H,45,50)(H,46,51). The first-order valence-corrected chi connectivity index (χ1v) is 22.7. The average molecular weight is 723 g/mol. The maximum atomic E-state index is 12.7. The molecule has 0 heterocycles. The first-order valence-electron chi connectivity index (χ1n) is 22.7. The van der Waals surface area contributed by atoms with Crippen LogP contribution in [0.1, 0.15) is 213 Å². The second kappa shape index (κ2) is 41.6. The van der Waals surface area contributed by atoms with Crippen molar-refractivity contribution in [2.24, 2.45) is 0 Å². The summed E-state index contributed by atoms with van der Waals surface area (Å²) in [6.07, 6.45) is 37.7. The number of hydrogen-bond donors (Lipinski definition) is 3. The fourth-order valence-corrected chi connectivity index (χ4v) is 7.08. The van der Waals surface area contributed by atoms with E-state index >= 15 is 0 Å². The second-order valence-electron chi connectivity index (χ2n) is 15.4. The lowest BCUT2D eigenvalue weighted by atomic mass is 10.0. The van der Waals surface area contributed by atoms with Crippen molar-refractivity contribution in [2.45, 2.75) is 213 Å². The Kier molecular flexibility index (Phi) is 40.6. The van der Waals surface area contributed by atoms with Crippen molar-refractivity contribution in [3.05, 3.63) is 0 Å². The normalized spacial score (nSPS) is 11.6. The number of rotatable bonds is 42. The van der Waals surface area contributed by atoms with Crippen LogP contribution in [0.3, 0.4) is 0 Å². The van der Waals surface area contributed by atoms with Gasteiger partial charge in [-0.15, -0.1) is 0 Å². The first kappa shape index (κ1) is 49.8. The Bertz CT molecular complexity index is 668. The second-order valence-corrected chi connectivity index (χ2v) is 15.4. The van der Waals surface area contributed by atoms with E-state index in [1.165, 1.54) is 154 Å². The van der Waals surface area contributed by atoms with Crippen molar-refractivity contribution >= 4 is 11.8 Å². The molecule has 0 rings (SSSR count). The molecule has 7 nitrogen and oxygen atoms in total. The summed E-state index contributed by atoms with van der Waals surface area (Å²) in [5.74, 6) is 0.248. The zero-order valence-corrected chi connectivity index (χ0v) is 34.7. The maximum absolute atomic E-state index is 12.7. The van der Waals surface area contributed by atoms with Crippen LogP contribution in [-0.2, 0) is 9.59 Å². The summed E-state index contributed by atoms with van der Waals surface area (Å²) in [5, 5.41) is 15.7. The number of aliphatic hydroxyl groups is 1. The molecule has 0 aromatic carbocycles. The molecule has 2 amide bonds. The van der Waals surface area contributed by atoms with Crippen LogP contribution in [0.2, 0.25) is 0 Å². The molecule has 0 radical (unpaired) electrons. The third-order valence-corrected chi connectivity index (χ3v) is 10.4. The number of hydrogen-bond acceptors (Lipinski definition) is 5. The van der Waals surface area contributed by atoms with Crippen molar-refractivity contribution in [1.82, 2.24) is 20.4 Å². The van der Waals surface area contributed by atoms with E-state index in [2.05, 4.69) is 41.2 Å². The molecule has 0 unspecified atom stereocenters. The van der Waals surface area contributed by atoms with Gasteiger partial charge < -0.3 is 25.5 Å². The average Bonchev–Trinajstić information content (AvgIpc) is 3.12. The molecule has 0 spiro atoms. The highest BCUT2D eigenvalue weighted by Crippen LogP contribution is 2.14. The van der Waals surface area contributed by atoms with Crippen LogP contribution < -0.4 is 10.6 Å². The van der Waals surface area contributed by atoms with Crippen LogP contribution in [0.4, 0.5) is 0 Å². The van der Waals surface area contributed by atoms with Crippen LogP contribution in [0.25, 0.3) is 0 Å². The minimum atomic E-state index is 0.124. The van der Waals surface area contributed by atoms with Gasteiger partial charge in [-0.3, -0.25) is 9.59 Å². The van der Waals surface area contributed by atoms with E-state index in [1.807, 2.05) is 0 Å². The molecule has 0 aromatic rings. The Labute approximate surface area is 318 Å². The largest absolute Gasteiger partial charge is 0.395 e. The van der Waals surface area contributed by atoms with Gasteiger partial charge in [-0.2, -0.15) is 0 Å². The first-order chi connectivity index (χ1) is 25.1. The number of aliphatic hydroxyl groups excluding tert-OH is 1. The van der Waals surface area contributed by atoms with Gasteiger partial charge in [0.2, 0.25) is 11.8 Å². The van der Waals surface area contributed by atoms with Gasteiger partial charge >= 0.3 is 0 Å². The van der Waals surface area contributed by atoms with Gasteiger partial charge in [0.1, 0.15) is 0 Å². The van der Waals surface area contributed by atoms with Crippen molar-refractivity contribution in [1.29, 1.82) is 0 Å². The van der Waals surface area contributed by atoms with Gasteiger partial charge in [0.15, 0.2) is 0 Å². The lowest BCUT2D eigenvalue weighted by Crippen LogP contribution is -2.37. The molecular formula is C44H90N4O3. The SMILES string of the molecule is CCCCCCCCCCCCCCCNC(=O)CCN(CCCN(CCC)CCO)CCC(=O)NCCCCCCCCCCCCCCC. The number of amides is 2. The molecule has 0 aromatic heterocycles. The topological polar surface area (TPSA) is 84.9 Å². The van der Waals surface area contributed by atoms with E-state index in [0.29, 0.717) is 32.5 Å². The zero-order chi connectivity index (χ0) is 37.3. The summed E-state index contributed by atoms with van der Waals surface area (Å²) < 4.78 is 0. The predicted octanol–water partition coefficient (Wildman–Crippen LogP) is 10.6. The van der Waals surface area contributed by atoms with Gasteiger partial charge in [0.25, 0.3) is 0 Å². The maximum Gasteiger partial charge on any atom is 0.221 e. The highest BCUT2D eigenvalue weighted by molar-refractivity contribution is 5.76. The lowest BCUT2D eigenvalue weighted by molar-refractivity contribution is -0.121. The molecule has 7 heteroatoms. The van der Waals surface area contributed by atoms with Gasteiger partial charge in [-0.25, -0.2) is 0 Å². The van der Waals surface area contributed by atoms with Crippen LogP contribution in [0.15, 0.2) is 0 Å². The van der Waals surface area contributed by atoms with Crippen molar-refractivity contribution in [2.75, 3.05) is 59.0 Å². The monoisotopic (exact) mass is 723 g/mol. The van der Waals surface area contributed by atoms with E-state index in [9.17, 15) is 14.7 Å². The van der Waals surface area contributed by atoms with E-state index < -0.39 is 0 Å². The summed E-state index contributed by atoms with van der Waals surface area (Å²) >= 11 is 0. The smallest absolute Gasteiger partial charge is 0.221 e. The third-order valence-electron chi connectivity index (χ3n) is 10.4. The zero-order valence-electron chi connectivity index (χ0n) is 34.7. The Hall–Kier alpha value is -1.18. The molecular weight excluding hydrogens is 633 g/mol.